The first-order chi connectivity index (χ1) is 18.5. The number of methoxy groups -OCH3 is 4. The number of benzene rings is 5. The topological polar surface area (TPSA) is 89.5 Å². The van der Waals surface area contributed by atoms with Gasteiger partial charge in [-0.3, -0.25) is 9.59 Å². The summed E-state index contributed by atoms with van der Waals surface area (Å²) in [5.41, 5.74) is 1.25. The third-order valence-electron chi connectivity index (χ3n) is 8.04. The number of rotatable bonds is 4. The van der Waals surface area contributed by atoms with Crippen LogP contribution in [0, 0.1) is 0 Å². The van der Waals surface area contributed by atoms with Crippen LogP contribution in [-0.4, -0.2) is 41.7 Å². The summed E-state index contributed by atoms with van der Waals surface area (Å²) in [6.07, 6.45) is 2.89. The molecule has 0 atom stereocenters. The van der Waals surface area contributed by atoms with Gasteiger partial charge in [-0.2, -0.15) is 0 Å². The molecule has 5 aromatic rings. The van der Waals surface area contributed by atoms with Crippen LogP contribution in [0.15, 0.2) is 21.7 Å². The third-order valence-corrected chi connectivity index (χ3v) is 8.04. The molecule has 194 valence electrons. The van der Waals surface area contributed by atoms with Crippen LogP contribution in [-0.2, 0) is 12.8 Å². The zero-order valence-corrected chi connectivity index (χ0v) is 21.7. The van der Waals surface area contributed by atoms with E-state index < -0.39 is 0 Å². The van der Waals surface area contributed by atoms with Crippen molar-refractivity contribution in [3.05, 3.63) is 43.7 Å². The van der Waals surface area contributed by atoms with Crippen molar-refractivity contribution in [2.24, 2.45) is 0 Å². The minimum absolute atomic E-state index is 0.211. The zero-order valence-electron chi connectivity index (χ0n) is 21.7. The monoisotopic (exact) mass is 514 g/mol. The van der Waals surface area contributed by atoms with E-state index in [-0.39, 0.29) is 10.9 Å². The summed E-state index contributed by atoms with van der Waals surface area (Å²) < 4.78 is 35.3. The van der Waals surface area contributed by atoms with Gasteiger partial charge in [0, 0.05) is 44.8 Å². The second kappa shape index (κ2) is 8.15. The first kappa shape index (κ1) is 23.0. The molecule has 0 saturated carbocycles. The Balaban J connectivity index is 1.96. The van der Waals surface area contributed by atoms with Crippen LogP contribution in [0.2, 0.25) is 0 Å². The molecule has 0 saturated heterocycles. The van der Waals surface area contributed by atoms with Crippen molar-refractivity contribution in [3.63, 3.8) is 0 Å². The zero-order chi connectivity index (χ0) is 26.3. The summed E-state index contributed by atoms with van der Waals surface area (Å²) in [6, 6.07) is 3.44. The number of hydrogen-bond donors (Lipinski definition) is 0. The molecule has 0 aromatic heterocycles. The normalized spacial score (nSPS) is 14.8. The Labute approximate surface area is 217 Å². The predicted octanol–water partition coefficient (Wildman–Crippen LogP) is 4.58. The molecule has 2 heterocycles. The standard InChI is InChI=1S/C30H26O8/c1-33-15-11-17(35-3)23-25-19(13-7-5-9-37-29(13)27(23)31)20-14-8-6-10-38-30(14)28(32)24-18(36-4)12-16(34-2)22(21(15)25)26(20)24/h11-12H,5-10H2,1-4H3. The van der Waals surface area contributed by atoms with Gasteiger partial charge in [-0.15, -0.1) is 0 Å². The van der Waals surface area contributed by atoms with E-state index in [4.69, 9.17) is 28.4 Å². The lowest BCUT2D eigenvalue weighted by molar-refractivity contribution is 0.286. The van der Waals surface area contributed by atoms with Crippen molar-refractivity contribution in [2.75, 3.05) is 41.7 Å². The molecular formula is C30H26O8. The molecule has 0 unspecified atom stereocenters. The average Bonchev–Trinajstić information content (AvgIpc) is 2.97. The van der Waals surface area contributed by atoms with Gasteiger partial charge in [0.2, 0.25) is 10.9 Å². The predicted molar refractivity (Wildman–Crippen MR) is 145 cm³/mol. The Hall–Kier alpha value is -4.20. The van der Waals surface area contributed by atoms with Gasteiger partial charge < -0.3 is 28.4 Å². The fourth-order valence-electron chi connectivity index (χ4n) is 6.57. The summed E-state index contributed by atoms with van der Waals surface area (Å²) in [6.45, 7) is 0.930. The lowest BCUT2D eigenvalue weighted by Gasteiger charge is -2.27. The van der Waals surface area contributed by atoms with Crippen LogP contribution < -0.4 is 39.3 Å². The highest BCUT2D eigenvalue weighted by Gasteiger charge is 2.33. The molecule has 8 heteroatoms. The molecule has 8 nitrogen and oxygen atoms in total. The maximum atomic E-state index is 14.0. The smallest absolute Gasteiger partial charge is 0.232 e. The van der Waals surface area contributed by atoms with Crippen molar-refractivity contribution in [1.82, 2.24) is 0 Å². The first-order valence-electron chi connectivity index (χ1n) is 12.7. The van der Waals surface area contributed by atoms with Crippen LogP contribution in [0.25, 0.3) is 43.1 Å². The number of fused-ring (bicyclic) bond motifs is 6. The Kier molecular flexibility index (Phi) is 4.92. The maximum absolute atomic E-state index is 14.0. The van der Waals surface area contributed by atoms with E-state index in [1.54, 1.807) is 40.6 Å². The molecule has 0 spiro atoms. The maximum Gasteiger partial charge on any atom is 0.232 e. The van der Waals surface area contributed by atoms with Crippen LogP contribution in [0.4, 0.5) is 0 Å². The Morgan fingerprint density at radius 1 is 0.526 bits per heavy atom. The fourth-order valence-corrected chi connectivity index (χ4v) is 6.57. The van der Waals surface area contributed by atoms with E-state index in [9.17, 15) is 9.59 Å². The highest BCUT2D eigenvalue weighted by atomic mass is 16.5. The van der Waals surface area contributed by atoms with Gasteiger partial charge >= 0.3 is 0 Å². The molecule has 2 aliphatic heterocycles. The lowest BCUT2D eigenvalue weighted by atomic mass is 9.81. The summed E-state index contributed by atoms with van der Waals surface area (Å²) in [7, 11) is 6.24. The second-order valence-corrected chi connectivity index (χ2v) is 9.74. The van der Waals surface area contributed by atoms with Crippen LogP contribution in [0.1, 0.15) is 24.0 Å². The van der Waals surface area contributed by atoms with Crippen molar-refractivity contribution < 1.29 is 28.4 Å². The van der Waals surface area contributed by atoms with Gasteiger partial charge in [0.05, 0.1) is 52.4 Å². The molecule has 2 aliphatic rings. The van der Waals surface area contributed by atoms with Crippen molar-refractivity contribution in [3.8, 4) is 34.5 Å². The summed E-state index contributed by atoms with van der Waals surface area (Å²) in [5, 5.41) is 5.42. The Bertz CT molecular complexity index is 1770. The number of aryl methyl sites for hydroxylation is 2. The van der Waals surface area contributed by atoms with Gasteiger partial charge in [0.15, 0.2) is 11.5 Å². The van der Waals surface area contributed by atoms with Gasteiger partial charge in [0.25, 0.3) is 0 Å². The lowest BCUT2D eigenvalue weighted by Crippen LogP contribution is -2.21. The molecule has 5 aromatic carbocycles. The van der Waals surface area contributed by atoms with Crippen molar-refractivity contribution in [1.29, 1.82) is 0 Å². The molecule has 0 bridgehead atoms. The van der Waals surface area contributed by atoms with Gasteiger partial charge in [-0.05, 0) is 36.5 Å². The average molecular weight is 515 g/mol. The van der Waals surface area contributed by atoms with E-state index in [2.05, 4.69) is 0 Å². The van der Waals surface area contributed by atoms with Gasteiger partial charge in [0.1, 0.15) is 23.0 Å². The molecule has 0 aliphatic carbocycles. The minimum atomic E-state index is -0.211. The number of hydrogen-bond acceptors (Lipinski definition) is 8. The van der Waals surface area contributed by atoms with E-state index in [1.165, 1.54) is 0 Å². The minimum Gasteiger partial charge on any atom is -0.496 e. The number of ether oxygens (including phenoxy) is 6. The molecular weight excluding hydrogens is 488 g/mol. The fraction of sp³-hybridized carbons (Fsp3) is 0.333. The Morgan fingerprint density at radius 3 is 1.26 bits per heavy atom. The Morgan fingerprint density at radius 2 is 0.895 bits per heavy atom. The van der Waals surface area contributed by atoms with Crippen molar-refractivity contribution >= 4 is 43.1 Å². The highest BCUT2D eigenvalue weighted by Crippen LogP contribution is 2.54. The molecule has 0 radical (unpaired) electrons. The van der Waals surface area contributed by atoms with E-state index in [0.29, 0.717) is 82.1 Å². The molecule has 7 rings (SSSR count). The van der Waals surface area contributed by atoms with E-state index in [0.717, 1.165) is 45.5 Å². The highest BCUT2D eigenvalue weighted by molar-refractivity contribution is 6.38. The SMILES string of the molecule is COc1cc(OC)c2c3c(OC)cc(OC)c4c(=O)c5c(c(c6c7c(c(=O)c1c26)OCCC7)c43)CCCO5. The third kappa shape index (κ3) is 2.69. The summed E-state index contributed by atoms with van der Waals surface area (Å²) in [5.74, 6) is 2.53. The first-order valence-corrected chi connectivity index (χ1v) is 12.7. The summed E-state index contributed by atoms with van der Waals surface area (Å²) in [4.78, 5) is 28.0. The molecule has 38 heavy (non-hydrogen) atoms. The molecule has 0 amide bonds. The van der Waals surface area contributed by atoms with Gasteiger partial charge in [-0.25, -0.2) is 0 Å². The largest absolute Gasteiger partial charge is 0.496 e. The quantitative estimate of drug-likeness (QED) is 0.254. The summed E-state index contributed by atoms with van der Waals surface area (Å²) >= 11 is 0. The van der Waals surface area contributed by atoms with E-state index >= 15 is 0 Å². The van der Waals surface area contributed by atoms with E-state index in [1.807, 2.05) is 0 Å². The second-order valence-electron chi connectivity index (χ2n) is 9.74. The molecule has 0 N–H and O–H groups in total. The van der Waals surface area contributed by atoms with Crippen LogP contribution >= 0.6 is 0 Å². The van der Waals surface area contributed by atoms with Crippen molar-refractivity contribution in [2.45, 2.75) is 25.7 Å². The van der Waals surface area contributed by atoms with Crippen LogP contribution in [0.3, 0.4) is 0 Å². The molecule has 0 fully saturated rings. The van der Waals surface area contributed by atoms with Gasteiger partial charge in [-0.1, -0.05) is 0 Å². The van der Waals surface area contributed by atoms with Crippen LogP contribution in [0.5, 0.6) is 34.5 Å².